The second-order valence-electron chi connectivity index (χ2n) is 4.57. The number of ether oxygens (including phenoxy) is 1. The average Bonchev–Trinajstić information content (AvgIpc) is 2.48. The van der Waals surface area contributed by atoms with Gasteiger partial charge in [0.2, 0.25) is 0 Å². The van der Waals surface area contributed by atoms with Crippen molar-refractivity contribution in [3.8, 4) is 5.75 Å². The van der Waals surface area contributed by atoms with Gasteiger partial charge in [0.1, 0.15) is 5.75 Å². The zero-order valence-electron chi connectivity index (χ0n) is 12.0. The number of nitrogens with one attached hydrogen (secondary N) is 2. The second kappa shape index (κ2) is 6.76. The Kier molecular flexibility index (Phi) is 4.79. The molecule has 0 aliphatic rings. The SMILES string of the molecule is COc1ccc(NC(=O)Nc2ccccc2C(C)O)cc1. The molecular formula is C16H18N2O3. The molecule has 2 amide bonds. The van der Waals surface area contributed by atoms with Gasteiger partial charge >= 0.3 is 6.03 Å². The Bertz CT molecular complexity index is 609. The van der Waals surface area contributed by atoms with E-state index in [4.69, 9.17) is 4.74 Å². The Morgan fingerprint density at radius 3 is 2.38 bits per heavy atom. The van der Waals surface area contributed by atoms with Crippen molar-refractivity contribution in [1.29, 1.82) is 0 Å². The molecule has 5 nitrogen and oxygen atoms in total. The monoisotopic (exact) mass is 286 g/mol. The summed E-state index contributed by atoms with van der Waals surface area (Å²) in [5, 5.41) is 15.1. The zero-order valence-corrected chi connectivity index (χ0v) is 12.0. The lowest BCUT2D eigenvalue weighted by molar-refractivity contribution is 0.200. The summed E-state index contributed by atoms with van der Waals surface area (Å²) in [5.74, 6) is 0.723. The van der Waals surface area contributed by atoms with Crippen molar-refractivity contribution in [3.63, 3.8) is 0 Å². The lowest BCUT2D eigenvalue weighted by Gasteiger charge is -2.13. The first-order valence-electron chi connectivity index (χ1n) is 6.59. The van der Waals surface area contributed by atoms with E-state index in [-0.39, 0.29) is 6.03 Å². The quantitative estimate of drug-likeness (QED) is 0.806. The molecule has 0 fully saturated rings. The van der Waals surface area contributed by atoms with Crippen LogP contribution in [-0.4, -0.2) is 18.2 Å². The number of benzene rings is 2. The summed E-state index contributed by atoms with van der Waals surface area (Å²) in [6.45, 7) is 1.65. The molecule has 3 N–H and O–H groups in total. The van der Waals surface area contributed by atoms with Crippen molar-refractivity contribution in [2.24, 2.45) is 0 Å². The standard InChI is InChI=1S/C16H18N2O3/c1-11(19)14-5-3-4-6-15(14)18-16(20)17-12-7-9-13(21-2)10-8-12/h3-11,19H,1-2H3,(H2,17,18,20). The summed E-state index contributed by atoms with van der Waals surface area (Å²) in [7, 11) is 1.59. The third kappa shape index (κ3) is 3.97. The molecule has 0 aliphatic carbocycles. The van der Waals surface area contributed by atoms with Crippen molar-refractivity contribution in [2.75, 3.05) is 17.7 Å². The number of rotatable bonds is 4. The fraction of sp³-hybridized carbons (Fsp3) is 0.188. The van der Waals surface area contributed by atoms with Crippen molar-refractivity contribution in [2.45, 2.75) is 13.0 Å². The maximum atomic E-state index is 12.0. The fourth-order valence-electron chi connectivity index (χ4n) is 1.93. The van der Waals surface area contributed by atoms with Crippen LogP contribution in [0.5, 0.6) is 5.75 Å². The molecule has 1 unspecified atom stereocenters. The molecule has 0 aromatic heterocycles. The maximum absolute atomic E-state index is 12.0. The number of methoxy groups -OCH3 is 1. The van der Waals surface area contributed by atoms with Crippen molar-refractivity contribution in [1.82, 2.24) is 0 Å². The Morgan fingerprint density at radius 1 is 1.10 bits per heavy atom. The van der Waals surface area contributed by atoms with Crippen LogP contribution in [0.25, 0.3) is 0 Å². The first-order chi connectivity index (χ1) is 10.1. The minimum atomic E-state index is -0.650. The summed E-state index contributed by atoms with van der Waals surface area (Å²) in [5.41, 5.74) is 1.91. The number of urea groups is 1. The highest BCUT2D eigenvalue weighted by atomic mass is 16.5. The van der Waals surface area contributed by atoms with Gasteiger partial charge in [0, 0.05) is 16.9 Å². The lowest BCUT2D eigenvalue weighted by atomic mass is 10.1. The molecule has 0 bridgehead atoms. The molecule has 2 rings (SSSR count). The number of aliphatic hydroxyl groups is 1. The largest absolute Gasteiger partial charge is 0.497 e. The van der Waals surface area contributed by atoms with Crippen LogP contribution in [0.4, 0.5) is 16.2 Å². The van der Waals surface area contributed by atoms with E-state index in [9.17, 15) is 9.90 Å². The van der Waals surface area contributed by atoms with Crippen LogP contribution < -0.4 is 15.4 Å². The number of carbonyl (C=O) groups is 1. The van der Waals surface area contributed by atoms with Gasteiger partial charge in [-0.15, -0.1) is 0 Å². The van der Waals surface area contributed by atoms with E-state index in [0.29, 0.717) is 16.9 Å². The smallest absolute Gasteiger partial charge is 0.323 e. The molecule has 0 heterocycles. The normalized spacial score (nSPS) is 11.6. The number of carbonyl (C=O) groups excluding carboxylic acids is 1. The van der Waals surface area contributed by atoms with Crippen LogP contribution in [-0.2, 0) is 0 Å². The van der Waals surface area contributed by atoms with E-state index in [2.05, 4.69) is 10.6 Å². The van der Waals surface area contributed by atoms with Crippen LogP contribution >= 0.6 is 0 Å². The molecule has 1 atom stereocenters. The third-order valence-corrected chi connectivity index (χ3v) is 3.01. The van der Waals surface area contributed by atoms with Crippen molar-refractivity contribution in [3.05, 3.63) is 54.1 Å². The molecule has 0 saturated carbocycles. The number of hydrogen-bond acceptors (Lipinski definition) is 3. The van der Waals surface area contributed by atoms with Gasteiger partial charge in [-0.25, -0.2) is 4.79 Å². The van der Waals surface area contributed by atoms with E-state index in [1.165, 1.54) is 0 Å². The molecular weight excluding hydrogens is 268 g/mol. The minimum Gasteiger partial charge on any atom is -0.497 e. The van der Waals surface area contributed by atoms with Crippen LogP contribution in [0.3, 0.4) is 0 Å². The predicted octanol–water partition coefficient (Wildman–Crippen LogP) is 3.39. The molecule has 0 aliphatic heterocycles. The number of anilines is 2. The minimum absolute atomic E-state index is 0.367. The lowest BCUT2D eigenvalue weighted by Crippen LogP contribution is -2.20. The number of aliphatic hydroxyl groups excluding tert-OH is 1. The van der Waals surface area contributed by atoms with E-state index >= 15 is 0 Å². The highest BCUT2D eigenvalue weighted by Gasteiger charge is 2.10. The highest BCUT2D eigenvalue weighted by Crippen LogP contribution is 2.22. The van der Waals surface area contributed by atoms with Crippen LogP contribution in [0.2, 0.25) is 0 Å². The van der Waals surface area contributed by atoms with Gasteiger partial charge in [0.05, 0.1) is 13.2 Å². The van der Waals surface area contributed by atoms with E-state index in [0.717, 1.165) is 5.75 Å². The Labute approximate surface area is 123 Å². The molecule has 2 aromatic rings. The van der Waals surface area contributed by atoms with Crippen molar-refractivity contribution < 1.29 is 14.6 Å². The summed E-state index contributed by atoms with van der Waals surface area (Å²) < 4.78 is 5.06. The number of amides is 2. The molecule has 0 saturated heterocycles. The summed E-state index contributed by atoms with van der Waals surface area (Å²) in [4.78, 5) is 12.0. The zero-order chi connectivity index (χ0) is 15.2. The fourth-order valence-corrected chi connectivity index (χ4v) is 1.93. The number of para-hydroxylation sites is 1. The van der Waals surface area contributed by atoms with E-state index < -0.39 is 6.10 Å². The third-order valence-electron chi connectivity index (χ3n) is 3.01. The van der Waals surface area contributed by atoms with Gasteiger partial charge in [0.25, 0.3) is 0 Å². The van der Waals surface area contributed by atoms with Gasteiger partial charge in [-0.1, -0.05) is 18.2 Å². The van der Waals surface area contributed by atoms with E-state index in [1.807, 2.05) is 6.07 Å². The maximum Gasteiger partial charge on any atom is 0.323 e. The highest BCUT2D eigenvalue weighted by molar-refractivity contribution is 6.00. The van der Waals surface area contributed by atoms with Crippen LogP contribution in [0.15, 0.2) is 48.5 Å². The molecule has 21 heavy (non-hydrogen) atoms. The molecule has 110 valence electrons. The Hall–Kier alpha value is -2.53. The first-order valence-corrected chi connectivity index (χ1v) is 6.59. The summed E-state index contributed by atoms with van der Waals surface area (Å²) >= 11 is 0. The van der Waals surface area contributed by atoms with Gasteiger partial charge in [-0.3, -0.25) is 0 Å². The van der Waals surface area contributed by atoms with Gasteiger partial charge in [-0.2, -0.15) is 0 Å². The topological polar surface area (TPSA) is 70.6 Å². The average molecular weight is 286 g/mol. The summed E-state index contributed by atoms with van der Waals surface area (Å²) in [6, 6.07) is 13.8. The van der Waals surface area contributed by atoms with Crippen LogP contribution in [0.1, 0.15) is 18.6 Å². The number of hydrogen-bond donors (Lipinski definition) is 3. The van der Waals surface area contributed by atoms with Crippen LogP contribution in [0, 0.1) is 0 Å². The molecule has 0 spiro atoms. The van der Waals surface area contributed by atoms with Gasteiger partial charge < -0.3 is 20.5 Å². The Morgan fingerprint density at radius 2 is 1.76 bits per heavy atom. The molecule has 5 heteroatoms. The van der Waals surface area contributed by atoms with Gasteiger partial charge in [-0.05, 0) is 37.3 Å². The predicted molar refractivity (Wildman–Crippen MR) is 82.7 cm³/mol. The first kappa shape index (κ1) is 14.9. The second-order valence-corrected chi connectivity index (χ2v) is 4.57. The van der Waals surface area contributed by atoms with E-state index in [1.54, 1.807) is 56.5 Å². The van der Waals surface area contributed by atoms with Gasteiger partial charge in [0.15, 0.2) is 0 Å². The van der Waals surface area contributed by atoms with Crippen molar-refractivity contribution >= 4 is 17.4 Å². The molecule has 0 radical (unpaired) electrons. The molecule has 2 aromatic carbocycles. The summed E-state index contributed by atoms with van der Waals surface area (Å²) in [6.07, 6.45) is -0.650. The Balaban J connectivity index is 2.04.